The summed E-state index contributed by atoms with van der Waals surface area (Å²) in [5.74, 6) is -3.06. The van der Waals surface area contributed by atoms with E-state index in [2.05, 4.69) is 4.98 Å². The lowest BCUT2D eigenvalue weighted by atomic mass is 9.67. The zero-order valence-corrected chi connectivity index (χ0v) is 19.6. The number of amides is 2. The number of fused-ring (bicyclic) bond motifs is 1. The molecule has 0 radical (unpaired) electrons. The Bertz CT molecular complexity index is 1350. The molecule has 0 saturated carbocycles. The normalized spacial score (nSPS) is 24.4. The van der Waals surface area contributed by atoms with E-state index in [1.54, 1.807) is 24.3 Å². The average molecular weight is 501 g/mol. The van der Waals surface area contributed by atoms with Crippen LogP contribution in [0.3, 0.4) is 0 Å². The van der Waals surface area contributed by atoms with E-state index in [0.717, 1.165) is 33.6 Å². The van der Waals surface area contributed by atoms with Gasteiger partial charge in [0.1, 0.15) is 5.25 Å². The molecule has 0 bridgehead atoms. The number of imide groups is 1. The number of nitrogens with zero attached hydrogens (tertiary/aromatic N) is 1. The Labute approximate surface area is 201 Å². The summed E-state index contributed by atoms with van der Waals surface area (Å²) in [5.41, 5.74) is 0.409. The molecule has 168 valence electrons. The Balaban J connectivity index is 1.76. The van der Waals surface area contributed by atoms with Crippen LogP contribution in [0.25, 0.3) is 0 Å². The largest absolute Gasteiger partial charge is 0.480 e. The number of thiazole rings is 1. The molecule has 2 aliphatic heterocycles. The first kappa shape index (κ1) is 21.9. The van der Waals surface area contributed by atoms with E-state index in [1.165, 1.54) is 0 Å². The van der Waals surface area contributed by atoms with E-state index >= 15 is 0 Å². The second-order valence-electron chi connectivity index (χ2n) is 8.12. The Morgan fingerprint density at radius 3 is 2.42 bits per heavy atom. The Morgan fingerprint density at radius 1 is 1.12 bits per heavy atom. The van der Waals surface area contributed by atoms with Crippen molar-refractivity contribution in [1.29, 1.82) is 0 Å². The van der Waals surface area contributed by atoms with Gasteiger partial charge in [-0.05, 0) is 36.8 Å². The van der Waals surface area contributed by atoms with Gasteiger partial charge in [0.05, 0.1) is 16.1 Å². The maximum absolute atomic E-state index is 14.1. The van der Waals surface area contributed by atoms with Gasteiger partial charge in [-0.15, -0.1) is 0 Å². The van der Waals surface area contributed by atoms with Gasteiger partial charge in [0.15, 0.2) is 0 Å². The van der Waals surface area contributed by atoms with Crippen molar-refractivity contribution in [2.45, 2.75) is 29.5 Å². The van der Waals surface area contributed by atoms with Gasteiger partial charge in [-0.25, -0.2) is 4.90 Å². The van der Waals surface area contributed by atoms with Gasteiger partial charge < -0.3 is 10.1 Å². The molecule has 0 aliphatic carbocycles. The summed E-state index contributed by atoms with van der Waals surface area (Å²) in [6.45, 7) is 1.92. The molecular weight excluding hydrogens is 484 g/mol. The van der Waals surface area contributed by atoms with Crippen LogP contribution in [0.5, 0.6) is 0 Å². The second kappa shape index (κ2) is 7.86. The van der Waals surface area contributed by atoms with Crippen molar-refractivity contribution in [1.82, 2.24) is 4.98 Å². The number of aromatic nitrogens is 1. The number of halogens is 1. The standard InChI is InChI=1S/C23H17ClN2O5S2/c1-11-2-4-12(5-3-11)16-17-19(25-22(31)32-17)33-18(20(28)29)23(16)10-15(27)26(21(23)30)14-8-6-13(24)7-9-14/h2-9,16,18H,10H2,1H3,(H,25,31)(H,28,29)/t16-,18-,23-/m0/s1. The number of H-pyrrole nitrogens is 1. The molecule has 5 rings (SSSR count). The van der Waals surface area contributed by atoms with Crippen molar-refractivity contribution in [3.8, 4) is 0 Å². The van der Waals surface area contributed by atoms with Crippen LogP contribution in [0, 0.1) is 12.3 Å². The van der Waals surface area contributed by atoms with Crippen molar-refractivity contribution in [3.05, 3.63) is 79.2 Å². The summed E-state index contributed by atoms with van der Waals surface area (Å²) < 4.78 is 0. The fourth-order valence-corrected chi connectivity index (χ4v) is 7.37. The van der Waals surface area contributed by atoms with E-state index in [9.17, 15) is 24.3 Å². The number of aryl methyl sites for hydroxylation is 1. The third-order valence-corrected chi connectivity index (χ3v) is 8.88. The van der Waals surface area contributed by atoms with E-state index in [1.807, 2.05) is 31.2 Å². The fraction of sp³-hybridized carbons (Fsp3) is 0.217. The van der Waals surface area contributed by atoms with E-state index in [0.29, 0.717) is 26.2 Å². The summed E-state index contributed by atoms with van der Waals surface area (Å²) >= 11 is 7.84. The minimum absolute atomic E-state index is 0.289. The van der Waals surface area contributed by atoms with Gasteiger partial charge in [-0.3, -0.25) is 19.2 Å². The number of thioether (sulfide) groups is 1. The first-order chi connectivity index (χ1) is 15.7. The molecule has 2 aromatic carbocycles. The number of benzene rings is 2. The predicted molar refractivity (Wildman–Crippen MR) is 126 cm³/mol. The molecule has 1 saturated heterocycles. The molecule has 2 aliphatic rings. The number of nitrogens with one attached hydrogen (secondary N) is 1. The minimum Gasteiger partial charge on any atom is -0.480 e. The van der Waals surface area contributed by atoms with Crippen LogP contribution in [0.15, 0.2) is 58.4 Å². The van der Waals surface area contributed by atoms with Crippen LogP contribution in [0.2, 0.25) is 5.02 Å². The SMILES string of the molecule is Cc1ccc([C@H]2c3sc(=O)[nH]c3S[C@@H](C(=O)O)[C@]23CC(=O)N(c2ccc(Cl)cc2)C3=O)cc1. The van der Waals surface area contributed by atoms with Crippen LogP contribution >= 0.6 is 34.7 Å². The van der Waals surface area contributed by atoms with Gasteiger partial charge in [-0.2, -0.15) is 0 Å². The Morgan fingerprint density at radius 2 is 1.79 bits per heavy atom. The topological polar surface area (TPSA) is 108 Å². The maximum Gasteiger partial charge on any atom is 0.318 e. The highest BCUT2D eigenvalue weighted by molar-refractivity contribution is 8.00. The Hall–Kier alpha value is -2.88. The van der Waals surface area contributed by atoms with Crippen molar-refractivity contribution in [2.24, 2.45) is 5.41 Å². The highest BCUT2D eigenvalue weighted by Gasteiger charge is 2.66. The number of aliphatic carboxylic acids is 1. The highest BCUT2D eigenvalue weighted by atomic mass is 35.5. The summed E-state index contributed by atoms with van der Waals surface area (Å²) in [5, 5.41) is 9.80. The zero-order valence-electron chi connectivity index (χ0n) is 17.2. The molecule has 33 heavy (non-hydrogen) atoms. The smallest absolute Gasteiger partial charge is 0.318 e. The number of carbonyl (C=O) groups excluding carboxylic acids is 2. The van der Waals surface area contributed by atoms with Gasteiger partial charge in [0.2, 0.25) is 11.8 Å². The van der Waals surface area contributed by atoms with E-state index in [4.69, 9.17) is 11.6 Å². The van der Waals surface area contributed by atoms with Crippen molar-refractivity contribution in [3.63, 3.8) is 0 Å². The second-order valence-corrected chi connectivity index (χ2v) is 10.7. The predicted octanol–water partition coefficient (Wildman–Crippen LogP) is 4.04. The molecule has 3 heterocycles. The monoisotopic (exact) mass is 500 g/mol. The molecule has 2 N–H and O–H groups in total. The summed E-state index contributed by atoms with van der Waals surface area (Å²) in [4.78, 5) is 56.1. The van der Waals surface area contributed by atoms with Gasteiger partial charge in [0, 0.05) is 22.2 Å². The number of hydrogen-bond acceptors (Lipinski definition) is 6. The van der Waals surface area contributed by atoms with Crippen LogP contribution < -0.4 is 9.77 Å². The molecule has 3 atom stereocenters. The highest BCUT2D eigenvalue weighted by Crippen LogP contribution is 2.61. The van der Waals surface area contributed by atoms with Crippen LogP contribution in [0.4, 0.5) is 5.69 Å². The number of carboxylic acid groups (broad SMARTS) is 1. The number of rotatable bonds is 3. The molecule has 1 spiro atoms. The third-order valence-electron chi connectivity index (χ3n) is 6.14. The number of carbonyl (C=O) groups is 3. The molecule has 3 aromatic rings. The summed E-state index contributed by atoms with van der Waals surface area (Å²) in [6, 6.07) is 13.6. The molecule has 1 aromatic heterocycles. The lowest BCUT2D eigenvalue weighted by Gasteiger charge is -2.42. The molecule has 10 heteroatoms. The third kappa shape index (κ3) is 3.34. The van der Waals surface area contributed by atoms with Gasteiger partial charge in [0.25, 0.3) is 0 Å². The Kier molecular flexibility index (Phi) is 5.23. The van der Waals surface area contributed by atoms with Crippen LogP contribution in [-0.4, -0.2) is 33.1 Å². The van der Waals surface area contributed by atoms with E-state index in [-0.39, 0.29) is 11.3 Å². The van der Waals surface area contributed by atoms with Gasteiger partial charge >= 0.3 is 10.8 Å². The first-order valence-electron chi connectivity index (χ1n) is 10.0. The van der Waals surface area contributed by atoms with Crippen molar-refractivity contribution < 1.29 is 19.5 Å². The molecule has 0 unspecified atom stereocenters. The minimum atomic E-state index is -1.60. The lowest BCUT2D eigenvalue weighted by Crippen LogP contribution is -2.51. The first-order valence-corrected chi connectivity index (χ1v) is 12.1. The van der Waals surface area contributed by atoms with E-state index < -0.39 is 34.4 Å². The molecule has 2 amide bonds. The summed E-state index contributed by atoms with van der Waals surface area (Å²) in [6.07, 6.45) is -0.289. The zero-order chi connectivity index (χ0) is 23.5. The van der Waals surface area contributed by atoms with Crippen molar-refractivity contribution >= 4 is 58.2 Å². The lowest BCUT2D eigenvalue weighted by molar-refractivity contribution is -0.143. The van der Waals surface area contributed by atoms with Crippen LogP contribution in [-0.2, 0) is 14.4 Å². The molecule has 1 fully saturated rings. The fourth-order valence-electron chi connectivity index (χ4n) is 4.70. The number of hydrogen-bond donors (Lipinski definition) is 2. The maximum atomic E-state index is 14.1. The van der Waals surface area contributed by atoms with Gasteiger partial charge in [-0.1, -0.05) is 64.5 Å². The molecular formula is C23H17ClN2O5S2. The summed E-state index contributed by atoms with van der Waals surface area (Å²) in [7, 11) is 0. The number of anilines is 1. The average Bonchev–Trinajstić information content (AvgIpc) is 3.26. The number of aromatic amines is 1. The number of carboxylic acids is 1. The van der Waals surface area contributed by atoms with Crippen molar-refractivity contribution in [2.75, 3.05) is 4.90 Å². The quantitative estimate of drug-likeness (QED) is 0.525. The van der Waals surface area contributed by atoms with Crippen LogP contribution in [0.1, 0.15) is 28.3 Å². The molecule has 7 nitrogen and oxygen atoms in total.